The lowest BCUT2D eigenvalue weighted by molar-refractivity contribution is -0.128. The second-order valence-corrected chi connectivity index (χ2v) is 5.68. The van der Waals surface area contributed by atoms with Crippen LogP contribution in [0.4, 0.5) is 0 Å². The first-order chi connectivity index (χ1) is 11.7. The number of benzene rings is 2. The summed E-state index contributed by atoms with van der Waals surface area (Å²) in [5, 5.41) is 9.84. The van der Waals surface area contributed by atoms with Gasteiger partial charge in [0.1, 0.15) is 12.7 Å². The molecule has 1 heterocycles. The minimum Gasteiger partial charge on any atom is -0.459 e. The standard InChI is InChI=1S/C19H20O5/c1-22-18-11-16(20)17(24-18)12-23-19(21)15-9-7-14(8-10-15)13-5-3-2-4-6-13/h2-10,16-18,20H,11-12H2,1H3/t16-,17-,18?/m1/s1. The fourth-order valence-electron chi connectivity index (χ4n) is 2.66. The smallest absolute Gasteiger partial charge is 0.338 e. The van der Waals surface area contributed by atoms with E-state index in [0.717, 1.165) is 11.1 Å². The van der Waals surface area contributed by atoms with E-state index in [1.807, 2.05) is 42.5 Å². The van der Waals surface area contributed by atoms with Crippen molar-refractivity contribution in [1.82, 2.24) is 0 Å². The molecule has 0 amide bonds. The maximum atomic E-state index is 12.1. The minimum absolute atomic E-state index is 0.000294. The van der Waals surface area contributed by atoms with Crippen LogP contribution in [0.1, 0.15) is 16.8 Å². The Labute approximate surface area is 140 Å². The number of carbonyl (C=O) groups excluding carboxylic acids is 1. The van der Waals surface area contributed by atoms with E-state index in [1.165, 1.54) is 7.11 Å². The predicted molar refractivity (Wildman–Crippen MR) is 88.5 cm³/mol. The Morgan fingerprint density at radius 3 is 2.42 bits per heavy atom. The third kappa shape index (κ3) is 3.82. The molecule has 2 aromatic rings. The van der Waals surface area contributed by atoms with Gasteiger partial charge in [-0.05, 0) is 23.3 Å². The third-order valence-electron chi connectivity index (χ3n) is 4.06. The van der Waals surface area contributed by atoms with Crippen LogP contribution in [-0.4, -0.2) is 43.3 Å². The van der Waals surface area contributed by atoms with Crippen LogP contribution in [0.15, 0.2) is 54.6 Å². The second-order valence-electron chi connectivity index (χ2n) is 5.68. The number of ether oxygens (including phenoxy) is 3. The Morgan fingerprint density at radius 1 is 1.12 bits per heavy atom. The number of hydrogen-bond acceptors (Lipinski definition) is 5. The quantitative estimate of drug-likeness (QED) is 0.855. The average Bonchev–Trinajstić information content (AvgIpc) is 3.00. The van der Waals surface area contributed by atoms with Crippen LogP contribution in [-0.2, 0) is 14.2 Å². The Balaban J connectivity index is 1.58. The Bertz CT molecular complexity index is 668. The first-order valence-corrected chi connectivity index (χ1v) is 7.86. The van der Waals surface area contributed by atoms with E-state index in [2.05, 4.69) is 0 Å². The Kier molecular flexibility index (Phi) is 5.25. The molecule has 1 N–H and O–H groups in total. The third-order valence-corrected chi connectivity index (χ3v) is 4.06. The van der Waals surface area contributed by atoms with Gasteiger partial charge in [0.05, 0.1) is 11.7 Å². The summed E-state index contributed by atoms with van der Waals surface area (Å²) in [5.41, 5.74) is 2.58. The number of aliphatic hydroxyl groups excluding tert-OH is 1. The summed E-state index contributed by atoms with van der Waals surface area (Å²) in [6.07, 6.45) is -1.32. The highest BCUT2D eigenvalue weighted by molar-refractivity contribution is 5.90. The fourth-order valence-corrected chi connectivity index (χ4v) is 2.66. The number of hydrogen-bond donors (Lipinski definition) is 1. The number of methoxy groups -OCH3 is 1. The van der Waals surface area contributed by atoms with E-state index < -0.39 is 24.5 Å². The lowest BCUT2D eigenvalue weighted by Crippen LogP contribution is -2.28. The van der Waals surface area contributed by atoms with Crippen molar-refractivity contribution in [2.45, 2.75) is 24.9 Å². The van der Waals surface area contributed by atoms with Gasteiger partial charge >= 0.3 is 5.97 Å². The van der Waals surface area contributed by atoms with Crippen molar-refractivity contribution in [2.24, 2.45) is 0 Å². The van der Waals surface area contributed by atoms with Crippen LogP contribution >= 0.6 is 0 Å². The van der Waals surface area contributed by atoms with Crippen molar-refractivity contribution < 1.29 is 24.1 Å². The SMILES string of the molecule is COC1C[C@@H](O)[C@@H](COC(=O)c2ccc(-c3ccccc3)cc2)O1. The van der Waals surface area contributed by atoms with E-state index >= 15 is 0 Å². The average molecular weight is 328 g/mol. The maximum absolute atomic E-state index is 12.1. The van der Waals surface area contributed by atoms with Crippen LogP contribution < -0.4 is 0 Å². The first kappa shape index (κ1) is 16.6. The van der Waals surface area contributed by atoms with Crippen molar-refractivity contribution in [2.75, 3.05) is 13.7 Å². The van der Waals surface area contributed by atoms with Crippen molar-refractivity contribution in [3.8, 4) is 11.1 Å². The topological polar surface area (TPSA) is 65.0 Å². The molecule has 0 saturated carbocycles. The van der Waals surface area contributed by atoms with Gasteiger partial charge < -0.3 is 19.3 Å². The van der Waals surface area contributed by atoms with E-state index in [0.29, 0.717) is 12.0 Å². The summed E-state index contributed by atoms with van der Waals surface area (Å²) in [4.78, 5) is 12.1. The van der Waals surface area contributed by atoms with Crippen LogP contribution in [0.5, 0.6) is 0 Å². The van der Waals surface area contributed by atoms with Gasteiger partial charge in [0.15, 0.2) is 6.29 Å². The van der Waals surface area contributed by atoms with Gasteiger partial charge in [-0.1, -0.05) is 42.5 Å². The molecule has 0 aromatic heterocycles. The lowest BCUT2D eigenvalue weighted by Gasteiger charge is -2.14. The van der Waals surface area contributed by atoms with Crippen molar-refractivity contribution in [3.05, 3.63) is 60.2 Å². The van der Waals surface area contributed by atoms with Gasteiger partial charge in [-0.3, -0.25) is 0 Å². The molecule has 1 aliphatic rings. The number of carbonyl (C=O) groups is 1. The number of rotatable bonds is 5. The molecular weight excluding hydrogens is 308 g/mol. The van der Waals surface area contributed by atoms with E-state index in [4.69, 9.17) is 14.2 Å². The van der Waals surface area contributed by atoms with Gasteiger partial charge in [-0.25, -0.2) is 4.79 Å². The Hall–Kier alpha value is -2.21. The monoisotopic (exact) mass is 328 g/mol. The highest BCUT2D eigenvalue weighted by Crippen LogP contribution is 2.22. The molecule has 3 atom stereocenters. The van der Waals surface area contributed by atoms with E-state index in [-0.39, 0.29) is 6.61 Å². The molecule has 1 unspecified atom stereocenters. The molecule has 5 nitrogen and oxygen atoms in total. The van der Waals surface area contributed by atoms with E-state index in [1.54, 1.807) is 12.1 Å². The molecule has 0 radical (unpaired) electrons. The van der Waals surface area contributed by atoms with Crippen molar-refractivity contribution in [3.63, 3.8) is 0 Å². The molecule has 1 fully saturated rings. The molecule has 5 heteroatoms. The molecule has 3 rings (SSSR count). The van der Waals surface area contributed by atoms with Crippen LogP contribution in [0.2, 0.25) is 0 Å². The van der Waals surface area contributed by atoms with Crippen LogP contribution in [0.25, 0.3) is 11.1 Å². The zero-order valence-corrected chi connectivity index (χ0v) is 13.4. The molecule has 1 saturated heterocycles. The number of esters is 1. The van der Waals surface area contributed by atoms with Crippen LogP contribution in [0.3, 0.4) is 0 Å². The maximum Gasteiger partial charge on any atom is 0.338 e. The fraction of sp³-hybridized carbons (Fsp3) is 0.316. The highest BCUT2D eigenvalue weighted by Gasteiger charge is 2.34. The lowest BCUT2D eigenvalue weighted by atomic mass is 10.0. The summed E-state index contributed by atoms with van der Waals surface area (Å²) in [6, 6.07) is 17.2. The van der Waals surface area contributed by atoms with Gasteiger partial charge in [0.2, 0.25) is 0 Å². The van der Waals surface area contributed by atoms with Crippen molar-refractivity contribution in [1.29, 1.82) is 0 Å². The molecule has 0 spiro atoms. The molecule has 1 aliphatic heterocycles. The highest BCUT2D eigenvalue weighted by atomic mass is 16.7. The number of aliphatic hydroxyl groups is 1. The van der Waals surface area contributed by atoms with E-state index in [9.17, 15) is 9.90 Å². The van der Waals surface area contributed by atoms with Crippen LogP contribution in [0, 0.1) is 0 Å². The molecule has 0 bridgehead atoms. The first-order valence-electron chi connectivity index (χ1n) is 7.86. The summed E-state index contributed by atoms with van der Waals surface area (Å²) in [6.45, 7) is 0.000294. The van der Waals surface area contributed by atoms with Gasteiger partial charge in [-0.15, -0.1) is 0 Å². The van der Waals surface area contributed by atoms with Gasteiger partial charge in [0.25, 0.3) is 0 Å². The summed E-state index contributed by atoms with van der Waals surface area (Å²) < 4.78 is 15.7. The molecule has 24 heavy (non-hydrogen) atoms. The summed E-state index contributed by atoms with van der Waals surface area (Å²) in [5.74, 6) is -0.439. The molecular formula is C19H20O5. The summed E-state index contributed by atoms with van der Waals surface area (Å²) >= 11 is 0. The normalized spacial score (nSPS) is 23.2. The Morgan fingerprint density at radius 2 is 1.79 bits per heavy atom. The molecule has 0 aliphatic carbocycles. The zero-order valence-electron chi connectivity index (χ0n) is 13.4. The largest absolute Gasteiger partial charge is 0.459 e. The molecule has 2 aromatic carbocycles. The predicted octanol–water partition coefficient (Wildman–Crippen LogP) is 2.63. The zero-order chi connectivity index (χ0) is 16.9. The molecule has 126 valence electrons. The van der Waals surface area contributed by atoms with Crippen molar-refractivity contribution >= 4 is 5.97 Å². The minimum atomic E-state index is -0.691. The summed E-state index contributed by atoms with van der Waals surface area (Å²) in [7, 11) is 1.51. The van der Waals surface area contributed by atoms with Gasteiger partial charge in [0, 0.05) is 13.5 Å². The second kappa shape index (κ2) is 7.57. The van der Waals surface area contributed by atoms with Gasteiger partial charge in [-0.2, -0.15) is 0 Å².